The van der Waals surface area contributed by atoms with E-state index in [-0.39, 0.29) is 23.8 Å². The summed E-state index contributed by atoms with van der Waals surface area (Å²) >= 11 is 6.40. The molecule has 2 aromatic carbocycles. The van der Waals surface area contributed by atoms with Crippen LogP contribution in [0.25, 0.3) is 5.82 Å². The van der Waals surface area contributed by atoms with Gasteiger partial charge < -0.3 is 4.57 Å². The van der Waals surface area contributed by atoms with Crippen molar-refractivity contribution in [2.45, 2.75) is 24.7 Å². The third kappa shape index (κ3) is 3.06. The summed E-state index contributed by atoms with van der Waals surface area (Å²) in [4.78, 5) is 31.8. The summed E-state index contributed by atoms with van der Waals surface area (Å²) in [5, 5.41) is 11.3. The second-order valence-corrected chi connectivity index (χ2v) is 9.61. The zero-order valence-corrected chi connectivity index (χ0v) is 20.6. The number of carbonyl (C=O) groups excluding carboxylic acids is 2. The summed E-state index contributed by atoms with van der Waals surface area (Å²) in [6.07, 6.45) is 10.8. The van der Waals surface area contributed by atoms with E-state index in [1.165, 1.54) is 4.90 Å². The number of carbonyl (C=O) groups is 2. The van der Waals surface area contributed by atoms with Crippen LogP contribution in [0.15, 0.2) is 89.9 Å². The fraction of sp³-hybridized carbons (Fsp3) is 0.167. The van der Waals surface area contributed by atoms with Gasteiger partial charge in [-0.15, -0.1) is 6.42 Å². The van der Waals surface area contributed by atoms with Gasteiger partial charge >= 0.3 is 0 Å². The number of rotatable bonds is 3. The smallest absolute Gasteiger partial charge is 0.248 e. The molecule has 1 aliphatic carbocycles. The first kappa shape index (κ1) is 22.9. The van der Waals surface area contributed by atoms with Crippen LogP contribution >= 0.6 is 11.6 Å². The van der Waals surface area contributed by atoms with Gasteiger partial charge in [0, 0.05) is 52.0 Å². The van der Waals surface area contributed by atoms with Crippen LogP contribution in [0.4, 0.5) is 11.4 Å². The molecule has 3 heterocycles. The molecule has 0 unspecified atom stereocenters. The van der Waals surface area contributed by atoms with Crippen LogP contribution in [0.5, 0.6) is 0 Å². The lowest BCUT2D eigenvalue weighted by Gasteiger charge is -2.45. The summed E-state index contributed by atoms with van der Waals surface area (Å²) in [7, 11) is 0. The standard InChI is InChI=1S/C30H21ClN4O2/c1-2-15-34-24-12-4-3-11-22(24)30(29(34)37)23(19-32)28(33-16-5-6-17-33)35(21-10-7-9-20(31)18-21)25-13-8-14-26(36)27(25)30/h1,3-7,9-12,16-18H,8,13-15H2/t30-/m0/s1. The number of allylic oxidation sites excluding steroid dienone is 1. The van der Waals surface area contributed by atoms with Crippen LogP contribution in [0.2, 0.25) is 5.02 Å². The van der Waals surface area contributed by atoms with E-state index in [4.69, 9.17) is 18.0 Å². The van der Waals surface area contributed by atoms with Crippen molar-refractivity contribution >= 4 is 40.5 Å². The maximum atomic E-state index is 14.5. The average Bonchev–Trinajstić information content (AvgIpc) is 3.52. The number of nitriles is 1. The van der Waals surface area contributed by atoms with Crippen molar-refractivity contribution < 1.29 is 9.59 Å². The molecule has 0 radical (unpaired) electrons. The number of ketones is 1. The minimum absolute atomic E-state index is 0.0317. The lowest BCUT2D eigenvalue weighted by atomic mass is 9.63. The van der Waals surface area contributed by atoms with Crippen molar-refractivity contribution in [3.63, 3.8) is 0 Å². The molecule has 0 bridgehead atoms. The van der Waals surface area contributed by atoms with Crippen LogP contribution in [0, 0.1) is 23.7 Å². The lowest BCUT2D eigenvalue weighted by molar-refractivity contribution is -0.124. The van der Waals surface area contributed by atoms with Gasteiger partial charge in [0.2, 0.25) is 5.91 Å². The number of para-hydroxylation sites is 1. The Morgan fingerprint density at radius 3 is 2.54 bits per heavy atom. The Morgan fingerprint density at radius 2 is 1.81 bits per heavy atom. The molecular weight excluding hydrogens is 484 g/mol. The van der Waals surface area contributed by atoms with Crippen molar-refractivity contribution in [1.29, 1.82) is 5.26 Å². The minimum Gasteiger partial charge on any atom is -0.309 e. The molecule has 6 nitrogen and oxygen atoms in total. The highest BCUT2D eigenvalue weighted by atomic mass is 35.5. The first-order chi connectivity index (χ1) is 18.0. The van der Waals surface area contributed by atoms with Gasteiger partial charge in [-0.05, 0) is 49.2 Å². The second-order valence-electron chi connectivity index (χ2n) is 9.18. The molecule has 6 rings (SSSR count). The number of halogens is 1. The number of terminal acetylenes is 1. The minimum atomic E-state index is -1.59. The maximum Gasteiger partial charge on any atom is 0.248 e. The van der Waals surface area contributed by atoms with Crippen LogP contribution < -0.4 is 9.80 Å². The van der Waals surface area contributed by atoms with Gasteiger partial charge in [-0.3, -0.25) is 19.4 Å². The number of benzene rings is 2. The molecule has 0 fully saturated rings. The molecule has 2 aliphatic heterocycles. The summed E-state index contributed by atoms with van der Waals surface area (Å²) < 4.78 is 1.82. The Balaban J connectivity index is 1.79. The summed E-state index contributed by atoms with van der Waals surface area (Å²) in [5.41, 5.74) is 1.56. The first-order valence-electron chi connectivity index (χ1n) is 12.0. The highest BCUT2D eigenvalue weighted by molar-refractivity contribution is 6.31. The second kappa shape index (κ2) is 8.55. The SMILES string of the molecule is C#CCN1C(=O)[C@]2(C(C#N)=C(n3cccc3)N(c3cccc(Cl)c3)C3=C2C(=O)CCC3)c2ccccc21. The predicted molar refractivity (Wildman–Crippen MR) is 142 cm³/mol. The van der Waals surface area contributed by atoms with Crippen LogP contribution in [0.3, 0.4) is 0 Å². The van der Waals surface area contributed by atoms with Crippen molar-refractivity contribution in [2.75, 3.05) is 16.3 Å². The number of Topliss-reactive ketones (excluding diaryl/α,β-unsaturated/α-hetero) is 1. The van der Waals surface area contributed by atoms with Gasteiger partial charge in [-0.1, -0.05) is 41.8 Å². The Hall–Kier alpha value is -4.52. The predicted octanol–water partition coefficient (Wildman–Crippen LogP) is 5.28. The van der Waals surface area contributed by atoms with Crippen LogP contribution in [0.1, 0.15) is 24.8 Å². The van der Waals surface area contributed by atoms with E-state index < -0.39 is 5.41 Å². The Morgan fingerprint density at radius 1 is 1.03 bits per heavy atom. The highest BCUT2D eigenvalue weighted by Crippen LogP contribution is 2.58. The van der Waals surface area contributed by atoms with E-state index in [1.807, 2.05) is 70.4 Å². The zero-order chi connectivity index (χ0) is 25.7. The topological polar surface area (TPSA) is 69.3 Å². The van der Waals surface area contributed by atoms with E-state index in [9.17, 15) is 14.9 Å². The molecule has 1 aromatic heterocycles. The maximum absolute atomic E-state index is 14.5. The van der Waals surface area contributed by atoms with E-state index in [1.54, 1.807) is 12.1 Å². The number of hydrogen-bond donors (Lipinski definition) is 0. The van der Waals surface area contributed by atoms with E-state index in [0.29, 0.717) is 58.3 Å². The summed E-state index contributed by atoms with van der Waals surface area (Å²) in [6.45, 7) is 0.0317. The fourth-order valence-electron chi connectivity index (χ4n) is 5.94. The van der Waals surface area contributed by atoms with E-state index in [2.05, 4.69) is 12.0 Å². The molecule has 1 atom stereocenters. The lowest BCUT2D eigenvalue weighted by Crippen LogP contribution is -2.51. The molecule has 7 heteroatoms. The van der Waals surface area contributed by atoms with Crippen molar-refractivity contribution in [3.8, 4) is 18.4 Å². The Labute approximate surface area is 219 Å². The van der Waals surface area contributed by atoms with Gasteiger partial charge in [-0.2, -0.15) is 5.26 Å². The van der Waals surface area contributed by atoms with Crippen molar-refractivity contribution in [3.05, 3.63) is 100 Å². The van der Waals surface area contributed by atoms with Gasteiger partial charge in [0.25, 0.3) is 0 Å². The monoisotopic (exact) mass is 504 g/mol. The largest absolute Gasteiger partial charge is 0.309 e. The highest BCUT2D eigenvalue weighted by Gasteiger charge is 2.62. The quantitative estimate of drug-likeness (QED) is 0.455. The van der Waals surface area contributed by atoms with Gasteiger partial charge in [0.15, 0.2) is 5.78 Å². The third-order valence-corrected chi connectivity index (χ3v) is 7.52. The first-order valence-corrected chi connectivity index (χ1v) is 12.4. The van der Waals surface area contributed by atoms with Gasteiger partial charge in [-0.25, -0.2) is 0 Å². The van der Waals surface area contributed by atoms with Crippen molar-refractivity contribution in [2.24, 2.45) is 0 Å². The van der Waals surface area contributed by atoms with Crippen molar-refractivity contribution in [1.82, 2.24) is 4.57 Å². The Bertz CT molecular complexity index is 1620. The van der Waals surface area contributed by atoms with Crippen LogP contribution in [-0.4, -0.2) is 22.8 Å². The van der Waals surface area contributed by atoms with E-state index in [0.717, 1.165) is 0 Å². The third-order valence-electron chi connectivity index (χ3n) is 7.28. The molecule has 3 aromatic rings. The average molecular weight is 505 g/mol. The molecule has 0 saturated heterocycles. The molecule has 3 aliphatic rings. The number of fused-ring (bicyclic) bond motifs is 3. The van der Waals surface area contributed by atoms with Gasteiger partial charge in [0.05, 0.1) is 12.1 Å². The van der Waals surface area contributed by atoms with E-state index >= 15 is 0 Å². The molecule has 1 spiro atoms. The number of hydrogen-bond acceptors (Lipinski definition) is 4. The molecular formula is C30H21ClN4O2. The zero-order valence-electron chi connectivity index (χ0n) is 19.8. The fourth-order valence-corrected chi connectivity index (χ4v) is 6.13. The molecule has 1 amide bonds. The summed E-state index contributed by atoms with van der Waals surface area (Å²) in [6, 6.07) is 20.7. The molecule has 0 N–H and O–H groups in total. The normalized spacial score (nSPS) is 20.7. The molecule has 37 heavy (non-hydrogen) atoms. The molecule has 180 valence electrons. The number of anilines is 2. The van der Waals surface area contributed by atoms with Gasteiger partial charge in [0.1, 0.15) is 17.3 Å². The molecule has 0 saturated carbocycles. The number of nitrogens with zero attached hydrogens (tertiary/aromatic N) is 4. The Kier molecular flexibility index (Phi) is 5.30. The number of amides is 1. The summed E-state index contributed by atoms with van der Waals surface area (Å²) in [5.74, 6) is 2.55. The number of aromatic nitrogens is 1. The van der Waals surface area contributed by atoms with Crippen LogP contribution in [-0.2, 0) is 15.0 Å².